The van der Waals surface area contributed by atoms with Crippen molar-refractivity contribution in [2.24, 2.45) is 0 Å². The minimum Gasteiger partial charge on any atom is -0.398 e. The predicted octanol–water partition coefficient (Wildman–Crippen LogP) is 2.91. The molecule has 0 radical (unpaired) electrons. The number of aliphatic hydroxyl groups is 1. The lowest BCUT2D eigenvalue weighted by atomic mass is 10.1. The van der Waals surface area contributed by atoms with E-state index in [0.717, 1.165) is 0 Å². The minimum atomic E-state index is -4.66. The first-order chi connectivity index (χ1) is 9.29. The summed E-state index contributed by atoms with van der Waals surface area (Å²) in [6.07, 6.45) is -5.58. The number of nitrogens with one attached hydrogen (secondary N) is 1. The molecule has 20 heavy (non-hydrogen) atoms. The number of fused-ring (bicyclic) bond motifs is 1. The van der Waals surface area contributed by atoms with Crippen LogP contribution in [0.4, 0.5) is 24.5 Å². The molecule has 0 spiro atoms. The summed E-state index contributed by atoms with van der Waals surface area (Å²) in [5.74, 6) is 0. The molecular formula is C12H11BrF3N3O. The molecule has 0 fully saturated rings. The van der Waals surface area contributed by atoms with Gasteiger partial charge >= 0.3 is 6.18 Å². The smallest absolute Gasteiger partial charge is 0.398 e. The molecule has 1 aromatic carbocycles. The number of benzene rings is 1. The van der Waals surface area contributed by atoms with Gasteiger partial charge < -0.3 is 16.2 Å². The zero-order valence-corrected chi connectivity index (χ0v) is 11.7. The number of hydrogen-bond donors (Lipinski definition) is 3. The molecule has 0 aliphatic rings. The average molecular weight is 350 g/mol. The van der Waals surface area contributed by atoms with E-state index >= 15 is 0 Å². The van der Waals surface area contributed by atoms with E-state index in [1.165, 1.54) is 12.3 Å². The molecule has 1 heterocycles. The fourth-order valence-corrected chi connectivity index (χ4v) is 2.01. The van der Waals surface area contributed by atoms with Crippen LogP contribution in [0.5, 0.6) is 0 Å². The van der Waals surface area contributed by atoms with Gasteiger partial charge in [-0.25, -0.2) is 0 Å². The number of hydrogen-bond acceptors (Lipinski definition) is 4. The number of nitrogens with two attached hydrogens (primary N) is 1. The van der Waals surface area contributed by atoms with Crippen LogP contribution >= 0.6 is 15.9 Å². The zero-order valence-electron chi connectivity index (χ0n) is 10.1. The Bertz CT molecular complexity index is 633. The van der Waals surface area contributed by atoms with Crippen molar-refractivity contribution in [3.05, 3.63) is 28.9 Å². The normalized spacial score (nSPS) is 13.4. The van der Waals surface area contributed by atoms with Gasteiger partial charge in [0.15, 0.2) is 6.10 Å². The lowest BCUT2D eigenvalue weighted by Crippen LogP contribution is -2.35. The Morgan fingerprint density at radius 2 is 2.10 bits per heavy atom. The summed E-state index contributed by atoms with van der Waals surface area (Å²) >= 11 is 3.25. The number of nitrogen functional groups attached to an aromatic ring is 1. The van der Waals surface area contributed by atoms with E-state index < -0.39 is 18.8 Å². The van der Waals surface area contributed by atoms with Gasteiger partial charge in [0.1, 0.15) is 0 Å². The second-order valence-corrected chi connectivity index (χ2v) is 5.11. The van der Waals surface area contributed by atoms with Crippen LogP contribution < -0.4 is 11.1 Å². The van der Waals surface area contributed by atoms with Crippen molar-refractivity contribution < 1.29 is 18.3 Å². The fraction of sp³-hybridized carbons (Fsp3) is 0.250. The number of aromatic nitrogens is 1. The van der Waals surface area contributed by atoms with E-state index in [2.05, 4.69) is 26.2 Å². The van der Waals surface area contributed by atoms with E-state index in [-0.39, 0.29) is 0 Å². The Balaban J connectivity index is 2.30. The number of pyridine rings is 1. The summed E-state index contributed by atoms with van der Waals surface area (Å²) < 4.78 is 37.5. The van der Waals surface area contributed by atoms with Crippen LogP contribution in [-0.4, -0.2) is 28.9 Å². The van der Waals surface area contributed by atoms with Crippen molar-refractivity contribution in [1.29, 1.82) is 0 Å². The maximum Gasteiger partial charge on any atom is 0.416 e. The van der Waals surface area contributed by atoms with Crippen molar-refractivity contribution in [1.82, 2.24) is 4.98 Å². The van der Waals surface area contributed by atoms with Gasteiger partial charge in [-0.2, -0.15) is 13.2 Å². The van der Waals surface area contributed by atoms with E-state index in [4.69, 9.17) is 10.8 Å². The molecule has 1 aromatic heterocycles. The largest absolute Gasteiger partial charge is 0.416 e. The van der Waals surface area contributed by atoms with Crippen LogP contribution in [0.3, 0.4) is 0 Å². The summed E-state index contributed by atoms with van der Waals surface area (Å²) in [4.78, 5) is 4.13. The van der Waals surface area contributed by atoms with Crippen LogP contribution in [0.25, 0.3) is 10.9 Å². The van der Waals surface area contributed by atoms with Gasteiger partial charge in [-0.3, -0.25) is 4.98 Å². The number of halogens is 4. The molecule has 0 bridgehead atoms. The Hall–Kier alpha value is -1.54. The second-order valence-electron chi connectivity index (χ2n) is 4.19. The van der Waals surface area contributed by atoms with Gasteiger partial charge in [0.2, 0.25) is 0 Å². The van der Waals surface area contributed by atoms with Crippen molar-refractivity contribution in [3.8, 4) is 0 Å². The van der Waals surface area contributed by atoms with E-state index in [1.54, 1.807) is 12.1 Å². The Kier molecular flexibility index (Phi) is 4.05. The second kappa shape index (κ2) is 5.45. The molecule has 2 aromatic rings. The molecule has 4 nitrogen and oxygen atoms in total. The Morgan fingerprint density at radius 3 is 2.75 bits per heavy atom. The summed E-state index contributed by atoms with van der Waals surface area (Å²) in [5.41, 5.74) is 7.10. The highest BCUT2D eigenvalue weighted by Crippen LogP contribution is 2.29. The van der Waals surface area contributed by atoms with Gasteiger partial charge in [0, 0.05) is 28.3 Å². The van der Waals surface area contributed by atoms with Gasteiger partial charge in [-0.1, -0.05) is 0 Å². The van der Waals surface area contributed by atoms with Gasteiger partial charge in [0.25, 0.3) is 0 Å². The average Bonchev–Trinajstić information content (AvgIpc) is 2.37. The highest BCUT2D eigenvalue weighted by atomic mass is 79.9. The standard InChI is InChI=1S/C12H11BrF3N3O/c13-6-3-7-8(17)1-2-9(11(7)19-4-6)18-5-10(20)12(14,15)16/h1-4,10,18,20H,5,17H2. The lowest BCUT2D eigenvalue weighted by Gasteiger charge is -2.17. The van der Waals surface area contributed by atoms with Gasteiger partial charge in [0.05, 0.1) is 11.2 Å². The number of nitrogens with zero attached hydrogens (tertiary/aromatic N) is 1. The Morgan fingerprint density at radius 1 is 1.40 bits per heavy atom. The van der Waals surface area contributed by atoms with Crippen molar-refractivity contribution in [3.63, 3.8) is 0 Å². The van der Waals surface area contributed by atoms with Crippen LogP contribution in [0.2, 0.25) is 0 Å². The summed E-state index contributed by atoms with van der Waals surface area (Å²) in [6.45, 7) is -0.653. The first-order valence-corrected chi connectivity index (χ1v) is 6.40. The molecule has 0 aliphatic carbocycles. The maximum atomic E-state index is 12.3. The highest BCUT2D eigenvalue weighted by molar-refractivity contribution is 9.10. The van der Waals surface area contributed by atoms with Crippen LogP contribution in [0, 0.1) is 0 Å². The third kappa shape index (κ3) is 3.13. The maximum absolute atomic E-state index is 12.3. The lowest BCUT2D eigenvalue weighted by molar-refractivity contribution is -0.198. The van der Waals surface area contributed by atoms with Crippen molar-refractivity contribution >= 4 is 38.2 Å². The third-order valence-electron chi connectivity index (χ3n) is 2.71. The molecular weight excluding hydrogens is 339 g/mol. The number of aliphatic hydroxyl groups excluding tert-OH is 1. The van der Waals surface area contributed by atoms with E-state index in [1.807, 2.05) is 0 Å². The number of alkyl halides is 3. The van der Waals surface area contributed by atoms with Crippen LogP contribution in [0.15, 0.2) is 28.9 Å². The Labute approximate surface area is 120 Å². The summed E-state index contributed by atoms with van der Waals surface area (Å²) in [5, 5.41) is 12.1. The quantitative estimate of drug-likeness (QED) is 0.745. The number of anilines is 2. The molecule has 1 atom stereocenters. The third-order valence-corrected chi connectivity index (χ3v) is 3.15. The van der Waals surface area contributed by atoms with E-state index in [0.29, 0.717) is 26.8 Å². The van der Waals surface area contributed by atoms with Crippen molar-refractivity contribution in [2.75, 3.05) is 17.6 Å². The molecule has 2 rings (SSSR count). The summed E-state index contributed by atoms with van der Waals surface area (Å²) in [7, 11) is 0. The topological polar surface area (TPSA) is 71.2 Å². The number of rotatable bonds is 3. The molecule has 0 saturated heterocycles. The monoisotopic (exact) mass is 349 g/mol. The predicted molar refractivity (Wildman–Crippen MR) is 74.4 cm³/mol. The molecule has 108 valence electrons. The highest BCUT2D eigenvalue weighted by Gasteiger charge is 2.37. The molecule has 0 amide bonds. The molecule has 8 heteroatoms. The molecule has 0 aliphatic heterocycles. The SMILES string of the molecule is Nc1ccc(NCC(O)C(F)(F)F)c2ncc(Br)cc12. The van der Waals surface area contributed by atoms with E-state index in [9.17, 15) is 13.2 Å². The molecule has 1 unspecified atom stereocenters. The minimum absolute atomic E-state index is 0.380. The van der Waals surface area contributed by atoms with Gasteiger partial charge in [-0.15, -0.1) is 0 Å². The van der Waals surface area contributed by atoms with Crippen LogP contribution in [0.1, 0.15) is 0 Å². The molecule has 0 saturated carbocycles. The summed E-state index contributed by atoms with van der Waals surface area (Å²) in [6, 6.07) is 4.82. The molecule has 4 N–H and O–H groups in total. The zero-order chi connectivity index (χ0) is 14.9. The fourth-order valence-electron chi connectivity index (χ4n) is 1.68. The first-order valence-electron chi connectivity index (χ1n) is 5.61. The van der Waals surface area contributed by atoms with Gasteiger partial charge in [-0.05, 0) is 34.1 Å². The van der Waals surface area contributed by atoms with Crippen molar-refractivity contribution in [2.45, 2.75) is 12.3 Å². The first kappa shape index (κ1) is 14.9. The van der Waals surface area contributed by atoms with Crippen LogP contribution in [-0.2, 0) is 0 Å².